The molecule has 0 amide bonds. The lowest BCUT2D eigenvalue weighted by molar-refractivity contribution is 0.395. The number of nitrogens with zero attached hydrogens (tertiary/aromatic N) is 2. The van der Waals surface area contributed by atoms with E-state index in [1.54, 1.807) is 37.7 Å². The molecule has 0 saturated carbocycles. The number of methoxy groups -OCH3 is 2. The van der Waals surface area contributed by atoms with Crippen molar-refractivity contribution in [1.29, 1.82) is 0 Å². The molecule has 3 rings (SSSR count). The predicted molar refractivity (Wildman–Crippen MR) is 85.0 cm³/mol. The van der Waals surface area contributed by atoms with Crippen LogP contribution in [0.15, 0.2) is 29.9 Å². The molecule has 0 aliphatic heterocycles. The second-order valence-corrected chi connectivity index (χ2v) is 5.65. The van der Waals surface area contributed by atoms with Crippen LogP contribution in [0, 0.1) is 0 Å². The summed E-state index contributed by atoms with van der Waals surface area (Å²) in [6.07, 6.45) is 3.98. The van der Waals surface area contributed by atoms with E-state index in [4.69, 9.17) is 21.1 Å². The summed E-state index contributed by atoms with van der Waals surface area (Å²) in [6, 6.07) is 3.55. The van der Waals surface area contributed by atoms with Crippen molar-refractivity contribution in [2.75, 3.05) is 19.5 Å². The van der Waals surface area contributed by atoms with Gasteiger partial charge in [-0.05, 0) is 6.07 Å². The molecule has 21 heavy (non-hydrogen) atoms. The summed E-state index contributed by atoms with van der Waals surface area (Å²) < 4.78 is 12.5. The van der Waals surface area contributed by atoms with E-state index in [1.165, 1.54) is 0 Å². The normalized spacial score (nSPS) is 10.8. The Morgan fingerprint density at radius 3 is 2.81 bits per heavy atom. The molecule has 110 valence electrons. The van der Waals surface area contributed by atoms with Gasteiger partial charge in [-0.25, -0.2) is 4.98 Å². The molecule has 0 fully saturated rings. The Hall–Kier alpha value is -1.92. The third kappa shape index (κ3) is 2.77. The summed E-state index contributed by atoms with van der Waals surface area (Å²) in [7, 11) is 3.19. The van der Waals surface area contributed by atoms with Crippen LogP contribution in [-0.2, 0) is 6.54 Å². The maximum absolute atomic E-state index is 6.15. The lowest BCUT2D eigenvalue weighted by atomic mass is 10.2. The lowest BCUT2D eigenvalue weighted by Gasteiger charge is -2.13. The second kappa shape index (κ2) is 5.83. The number of benzene rings is 1. The van der Waals surface area contributed by atoms with Gasteiger partial charge < -0.3 is 14.8 Å². The number of aromatic nitrogens is 2. The molecular formula is C14H14ClN3O2S. The predicted octanol–water partition coefficient (Wildman–Crippen LogP) is 3.68. The molecule has 0 bridgehead atoms. The van der Waals surface area contributed by atoms with Crippen LogP contribution in [0.2, 0.25) is 5.02 Å². The van der Waals surface area contributed by atoms with Gasteiger partial charge in [0.05, 0.1) is 37.2 Å². The van der Waals surface area contributed by atoms with Crippen LogP contribution >= 0.6 is 22.9 Å². The maximum Gasteiger partial charge on any atom is 0.193 e. The summed E-state index contributed by atoms with van der Waals surface area (Å²) in [5.74, 6) is 1.26. The third-order valence-electron chi connectivity index (χ3n) is 3.08. The lowest BCUT2D eigenvalue weighted by Crippen LogP contribution is -2.02. The maximum atomic E-state index is 6.15. The molecule has 7 heteroatoms. The quantitative estimate of drug-likeness (QED) is 0.778. The van der Waals surface area contributed by atoms with Gasteiger partial charge in [0.25, 0.3) is 0 Å². The number of hydrogen-bond acceptors (Lipinski definition) is 5. The number of fused-ring (bicyclic) bond motifs is 1. The largest absolute Gasteiger partial charge is 0.495 e. The Balaban J connectivity index is 1.80. The zero-order valence-corrected chi connectivity index (χ0v) is 13.2. The molecule has 0 spiro atoms. The molecule has 2 aromatic heterocycles. The smallest absolute Gasteiger partial charge is 0.193 e. The fraction of sp³-hybridized carbons (Fsp3) is 0.214. The fourth-order valence-electron chi connectivity index (χ4n) is 2.05. The standard InChI is InChI=1S/C14H14ClN3O2S/c1-19-12-6-13(20-2)11(5-10(12)15)16-7-9-8-18-3-4-21-14(18)17-9/h3-6,8,16H,7H2,1-2H3. The summed E-state index contributed by atoms with van der Waals surface area (Å²) in [4.78, 5) is 5.50. The number of rotatable bonds is 5. The van der Waals surface area contributed by atoms with Crippen molar-refractivity contribution in [1.82, 2.24) is 9.38 Å². The van der Waals surface area contributed by atoms with E-state index < -0.39 is 0 Å². The molecule has 3 aromatic rings. The van der Waals surface area contributed by atoms with Crippen LogP contribution in [-0.4, -0.2) is 23.6 Å². The van der Waals surface area contributed by atoms with E-state index in [0.29, 0.717) is 23.1 Å². The Labute approximate surface area is 131 Å². The van der Waals surface area contributed by atoms with E-state index in [-0.39, 0.29) is 0 Å². The molecule has 0 aliphatic rings. The van der Waals surface area contributed by atoms with Crippen molar-refractivity contribution in [3.63, 3.8) is 0 Å². The van der Waals surface area contributed by atoms with E-state index in [2.05, 4.69) is 10.3 Å². The Morgan fingerprint density at radius 1 is 1.29 bits per heavy atom. The van der Waals surface area contributed by atoms with Crippen molar-refractivity contribution in [2.45, 2.75) is 6.54 Å². The van der Waals surface area contributed by atoms with Crippen molar-refractivity contribution in [3.8, 4) is 11.5 Å². The Bertz CT molecular complexity index is 740. The van der Waals surface area contributed by atoms with Gasteiger partial charge in [0.1, 0.15) is 11.5 Å². The van der Waals surface area contributed by atoms with Crippen LogP contribution in [0.5, 0.6) is 11.5 Å². The molecule has 5 nitrogen and oxygen atoms in total. The summed E-state index contributed by atoms with van der Waals surface area (Å²) in [6.45, 7) is 0.591. The minimum atomic E-state index is 0.534. The summed E-state index contributed by atoms with van der Waals surface area (Å²) >= 11 is 7.75. The molecular weight excluding hydrogens is 310 g/mol. The van der Waals surface area contributed by atoms with Gasteiger partial charge >= 0.3 is 0 Å². The average Bonchev–Trinajstić information content (AvgIpc) is 3.06. The topological polar surface area (TPSA) is 47.8 Å². The Morgan fingerprint density at radius 2 is 2.10 bits per heavy atom. The number of halogens is 1. The third-order valence-corrected chi connectivity index (χ3v) is 4.14. The Kier molecular flexibility index (Phi) is 3.90. The van der Waals surface area contributed by atoms with Gasteiger partial charge in [-0.15, -0.1) is 11.3 Å². The van der Waals surface area contributed by atoms with Gasteiger partial charge in [-0.2, -0.15) is 0 Å². The molecule has 2 heterocycles. The van der Waals surface area contributed by atoms with Gasteiger partial charge in [-0.1, -0.05) is 11.6 Å². The van der Waals surface area contributed by atoms with Crippen LogP contribution in [0.4, 0.5) is 5.69 Å². The van der Waals surface area contributed by atoms with Crippen LogP contribution in [0.25, 0.3) is 4.96 Å². The number of anilines is 1. The summed E-state index contributed by atoms with van der Waals surface area (Å²) in [5.41, 5.74) is 1.76. The molecule has 0 saturated heterocycles. The number of thiazole rings is 1. The van der Waals surface area contributed by atoms with E-state index >= 15 is 0 Å². The molecule has 0 radical (unpaired) electrons. The van der Waals surface area contributed by atoms with E-state index in [0.717, 1.165) is 16.3 Å². The molecule has 0 atom stereocenters. The highest BCUT2D eigenvalue weighted by Crippen LogP contribution is 2.36. The second-order valence-electron chi connectivity index (χ2n) is 4.37. The molecule has 1 aromatic carbocycles. The SMILES string of the molecule is COc1cc(OC)c(NCc2cn3ccsc3n2)cc1Cl. The number of imidazole rings is 1. The van der Waals surface area contributed by atoms with Crippen LogP contribution in [0.3, 0.4) is 0 Å². The van der Waals surface area contributed by atoms with Gasteiger partial charge in [0.2, 0.25) is 0 Å². The van der Waals surface area contributed by atoms with E-state index in [9.17, 15) is 0 Å². The number of hydrogen-bond donors (Lipinski definition) is 1. The first kappa shape index (κ1) is 14.0. The van der Waals surface area contributed by atoms with Gasteiger partial charge in [-0.3, -0.25) is 4.40 Å². The highest BCUT2D eigenvalue weighted by molar-refractivity contribution is 7.15. The highest BCUT2D eigenvalue weighted by atomic mass is 35.5. The first-order valence-electron chi connectivity index (χ1n) is 6.27. The first-order valence-corrected chi connectivity index (χ1v) is 7.53. The van der Waals surface area contributed by atoms with Crippen LogP contribution in [0.1, 0.15) is 5.69 Å². The summed E-state index contributed by atoms with van der Waals surface area (Å²) in [5, 5.41) is 5.83. The van der Waals surface area contributed by atoms with Gasteiger partial charge in [0, 0.05) is 23.8 Å². The van der Waals surface area contributed by atoms with Crippen molar-refractivity contribution < 1.29 is 9.47 Å². The van der Waals surface area contributed by atoms with E-state index in [1.807, 2.05) is 22.2 Å². The fourth-order valence-corrected chi connectivity index (χ4v) is 3.00. The molecule has 1 N–H and O–H groups in total. The van der Waals surface area contributed by atoms with Crippen molar-refractivity contribution in [2.24, 2.45) is 0 Å². The molecule has 0 unspecified atom stereocenters. The minimum absolute atomic E-state index is 0.534. The van der Waals surface area contributed by atoms with Crippen molar-refractivity contribution >= 4 is 33.6 Å². The number of ether oxygens (including phenoxy) is 2. The van der Waals surface area contributed by atoms with Crippen molar-refractivity contribution in [3.05, 3.63) is 40.6 Å². The average molecular weight is 324 g/mol. The first-order chi connectivity index (χ1) is 10.2. The number of nitrogens with one attached hydrogen (secondary N) is 1. The zero-order valence-electron chi connectivity index (χ0n) is 11.6. The monoisotopic (exact) mass is 323 g/mol. The highest BCUT2D eigenvalue weighted by Gasteiger charge is 2.10. The minimum Gasteiger partial charge on any atom is -0.495 e. The van der Waals surface area contributed by atoms with Gasteiger partial charge in [0.15, 0.2) is 4.96 Å². The zero-order chi connectivity index (χ0) is 14.8. The molecule has 0 aliphatic carbocycles. The van der Waals surface area contributed by atoms with Crippen LogP contribution < -0.4 is 14.8 Å².